The molecule has 2 saturated heterocycles. The van der Waals surface area contributed by atoms with E-state index in [4.69, 9.17) is 13.7 Å². The fourth-order valence-corrected chi connectivity index (χ4v) is 3.71. The summed E-state index contributed by atoms with van der Waals surface area (Å²) in [7, 11) is -2.42. The minimum atomic E-state index is -3.72. The summed E-state index contributed by atoms with van der Waals surface area (Å²) in [5.41, 5.74) is 0. The van der Waals surface area contributed by atoms with Crippen molar-refractivity contribution in [3.8, 4) is 0 Å². The average molecular weight is 379 g/mol. The Labute approximate surface area is 147 Å². The van der Waals surface area contributed by atoms with Crippen LogP contribution in [0.2, 0.25) is 0 Å². The first-order valence-electron chi connectivity index (χ1n) is 8.09. The molecular weight excluding hydrogens is 354 g/mol. The number of nitrogens with zero attached hydrogens (tertiary/aromatic N) is 1. The van der Waals surface area contributed by atoms with Crippen LogP contribution in [0.1, 0.15) is 33.1 Å². The van der Waals surface area contributed by atoms with Crippen molar-refractivity contribution in [2.24, 2.45) is 0 Å². The van der Waals surface area contributed by atoms with Crippen LogP contribution in [0.4, 0.5) is 0 Å². The smallest absolute Gasteiger partial charge is 0.305 e. The van der Waals surface area contributed by atoms with Gasteiger partial charge in [0, 0.05) is 19.4 Å². The van der Waals surface area contributed by atoms with Crippen molar-refractivity contribution in [2.75, 3.05) is 26.5 Å². The van der Waals surface area contributed by atoms with Crippen molar-refractivity contribution < 1.29 is 36.4 Å². The Kier molecular flexibility index (Phi) is 6.08. The Morgan fingerprint density at radius 1 is 1.20 bits per heavy atom. The fraction of sp³-hybridized carbons (Fsp3) is 0.867. The normalized spacial score (nSPS) is 28.5. The van der Waals surface area contributed by atoms with Gasteiger partial charge in [-0.1, -0.05) is 0 Å². The Morgan fingerprint density at radius 2 is 1.88 bits per heavy atom. The maximum atomic E-state index is 12.4. The first-order valence-corrected chi connectivity index (χ1v) is 9.91. The summed E-state index contributed by atoms with van der Waals surface area (Å²) in [4.78, 5) is 25.0. The summed E-state index contributed by atoms with van der Waals surface area (Å²) in [6, 6.07) is 0. The summed E-state index contributed by atoms with van der Waals surface area (Å²) in [5, 5.41) is 0. The Hall–Kier alpha value is -1.23. The van der Waals surface area contributed by atoms with Gasteiger partial charge in [-0.3, -0.25) is 13.8 Å². The molecule has 144 valence electrons. The lowest BCUT2D eigenvalue weighted by Crippen LogP contribution is -2.56. The molecule has 9 nitrogen and oxygen atoms in total. The number of hydrogen-bond donors (Lipinski definition) is 0. The van der Waals surface area contributed by atoms with Crippen LogP contribution in [0.15, 0.2) is 0 Å². The van der Waals surface area contributed by atoms with E-state index < -0.39 is 34.2 Å². The number of hydrogen-bond acceptors (Lipinski definition) is 8. The second-order valence-corrected chi connectivity index (χ2v) is 8.31. The molecule has 3 atom stereocenters. The molecule has 0 aromatic rings. The van der Waals surface area contributed by atoms with Crippen LogP contribution >= 0.6 is 0 Å². The van der Waals surface area contributed by atoms with Gasteiger partial charge in [-0.2, -0.15) is 8.42 Å². The Morgan fingerprint density at radius 3 is 2.48 bits per heavy atom. The fourth-order valence-electron chi connectivity index (χ4n) is 3.09. The lowest BCUT2D eigenvalue weighted by Gasteiger charge is -2.38. The summed E-state index contributed by atoms with van der Waals surface area (Å²) in [6.45, 7) is 3.83. The first kappa shape index (κ1) is 20.1. The predicted octanol–water partition coefficient (Wildman–Crippen LogP) is 0.0368. The van der Waals surface area contributed by atoms with Gasteiger partial charge in [0.05, 0.1) is 19.9 Å². The van der Waals surface area contributed by atoms with E-state index in [0.29, 0.717) is 6.42 Å². The molecule has 2 aliphatic rings. The minimum Gasteiger partial charge on any atom is -0.469 e. The number of piperidine rings is 1. The standard InChI is InChI=1S/C15H25NO8S/c1-15(2)22-10-8-16(12(17)6-5-7-13(18)21-3)9-11(14(10)23-15)24-25(4,19)20/h10-11,14H,5-9H2,1-4H3/t10-,11+,14-/m0/s1. The number of amides is 1. The minimum absolute atomic E-state index is 0.0880. The number of likely N-dealkylation sites (tertiary alicyclic amines) is 1. The molecular formula is C15H25NO8S. The molecule has 10 heteroatoms. The third-order valence-corrected chi connectivity index (χ3v) is 4.64. The van der Waals surface area contributed by atoms with E-state index in [0.717, 1.165) is 6.26 Å². The molecule has 0 bridgehead atoms. The monoisotopic (exact) mass is 379 g/mol. The van der Waals surface area contributed by atoms with Gasteiger partial charge in [0.25, 0.3) is 10.1 Å². The number of carbonyl (C=O) groups is 2. The summed E-state index contributed by atoms with van der Waals surface area (Å²) in [5.74, 6) is -1.45. The lowest BCUT2D eigenvalue weighted by molar-refractivity contribution is -0.150. The molecule has 2 aliphatic heterocycles. The van der Waals surface area contributed by atoms with Crippen LogP contribution in [0.25, 0.3) is 0 Å². The van der Waals surface area contributed by atoms with Gasteiger partial charge < -0.3 is 19.1 Å². The van der Waals surface area contributed by atoms with Gasteiger partial charge in [-0.25, -0.2) is 0 Å². The van der Waals surface area contributed by atoms with Gasteiger partial charge in [-0.05, 0) is 20.3 Å². The molecule has 0 N–H and O–H groups in total. The molecule has 0 unspecified atom stereocenters. The molecule has 2 fully saturated rings. The number of methoxy groups -OCH3 is 1. The van der Waals surface area contributed by atoms with E-state index in [9.17, 15) is 18.0 Å². The van der Waals surface area contributed by atoms with Crippen molar-refractivity contribution in [1.29, 1.82) is 0 Å². The van der Waals surface area contributed by atoms with Gasteiger partial charge >= 0.3 is 5.97 Å². The summed E-state index contributed by atoms with van der Waals surface area (Å²) < 4.78 is 44.3. The Balaban J connectivity index is 2.03. The molecule has 2 rings (SSSR count). The van der Waals surface area contributed by atoms with Crippen LogP contribution < -0.4 is 0 Å². The number of rotatable bonds is 6. The van der Waals surface area contributed by atoms with E-state index >= 15 is 0 Å². The van der Waals surface area contributed by atoms with E-state index in [1.165, 1.54) is 12.0 Å². The molecule has 0 saturated carbocycles. The van der Waals surface area contributed by atoms with Crippen LogP contribution in [0.3, 0.4) is 0 Å². The molecule has 2 heterocycles. The largest absolute Gasteiger partial charge is 0.469 e. The van der Waals surface area contributed by atoms with Crippen LogP contribution in [-0.4, -0.2) is 75.7 Å². The van der Waals surface area contributed by atoms with Crippen LogP contribution in [0, 0.1) is 0 Å². The Bertz CT molecular complexity index is 617. The SMILES string of the molecule is COC(=O)CCCC(=O)N1C[C@@H]2OC(C)(C)O[C@@H]2[C@H](OS(C)(=O)=O)C1. The summed E-state index contributed by atoms with van der Waals surface area (Å²) >= 11 is 0. The molecule has 0 spiro atoms. The first-order chi connectivity index (χ1) is 11.5. The zero-order valence-electron chi connectivity index (χ0n) is 14.9. The number of carbonyl (C=O) groups excluding carboxylic acids is 2. The van der Waals surface area contributed by atoms with E-state index in [1.807, 2.05) is 0 Å². The summed E-state index contributed by atoms with van der Waals surface area (Å²) in [6.07, 6.45) is -0.249. The molecule has 0 aromatic carbocycles. The predicted molar refractivity (Wildman–Crippen MR) is 86.0 cm³/mol. The second kappa shape index (κ2) is 7.56. The van der Waals surface area contributed by atoms with Crippen LogP contribution in [-0.2, 0) is 38.1 Å². The third-order valence-electron chi connectivity index (χ3n) is 4.04. The highest BCUT2D eigenvalue weighted by Gasteiger charge is 2.51. The maximum absolute atomic E-state index is 12.4. The van der Waals surface area contributed by atoms with Gasteiger partial charge in [0.1, 0.15) is 18.3 Å². The highest BCUT2D eigenvalue weighted by atomic mass is 32.2. The van der Waals surface area contributed by atoms with Crippen molar-refractivity contribution >= 4 is 22.0 Å². The average Bonchev–Trinajstić information content (AvgIpc) is 2.79. The zero-order chi connectivity index (χ0) is 18.8. The van der Waals surface area contributed by atoms with Crippen molar-refractivity contribution in [1.82, 2.24) is 4.90 Å². The van der Waals surface area contributed by atoms with Crippen molar-refractivity contribution in [3.63, 3.8) is 0 Å². The highest BCUT2D eigenvalue weighted by molar-refractivity contribution is 7.86. The zero-order valence-corrected chi connectivity index (χ0v) is 15.7. The maximum Gasteiger partial charge on any atom is 0.305 e. The van der Waals surface area contributed by atoms with E-state index in [2.05, 4.69) is 4.74 Å². The van der Waals surface area contributed by atoms with Crippen molar-refractivity contribution in [2.45, 2.75) is 57.2 Å². The van der Waals surface area contributed by atoms with Gasteiger partial charge in [0.2, 0.25) is 5.91 Å². The molecule has 1 amide bonds. The van der Waals surface area contributed by atoms with E-state index in [-0.39, 0.29) is 37.8 Å². The quantitative estimate of drug-likeness (QED) is 0.470. The van der Waals surface area contributed by atoms with Gasteiger partial charge in [0.15, 0.2) is 5.79 Å². The topological polar surface area (TPSA) is 108 Å². The van der Waals surface area contributed by atoms with E-state index in [1.54, 1.807) is 13.8 Å². The molecule has 0 aliphatic carbocycles. The van der Waals surface area contributed by atoms with Crippen molar-refractivity contribution in [3.05, 3.63) is 0 Å². The van der Waals surface area contributed by atoms with Crippen LogP contribution in [0.5, 0.6) is 0 Å². The van der Waals surface area contributed by atoms with Gasteiger partial charge in [-0.15, -0.1) is 0 Å². The third kappa shape index (κ3) is 5.63. The molecule has 0 aromatic heterocycles. The second-order valence-electron chi connectivity index (χ2n) is 6.71. The number of fused-ring (bicyclic) bond motifs is 1. The molecule has 0 radical (unpaired) electrons. The highest BCUT2D eigenvalue weighted by Crippen LogP contribution is 2.35. The number of ether oxygens (including phenoxy) is 3. The number of esters is 1. The lowest BCUT2D eigenvalue weighted by atomic mass is 10.0. The molecule has 25 heavy (non-hydrogen) atoms.